The van der Waals surface area contributed by atoms with Gasteiger partial charge in [0.15, 0.2) is 5.96 Å². The first-order chi connectivity index (χ1) is 11.2. The number of nitrogens with one attached hydrogen (secondary N) is 2. The fraction of sp³-hybridized carbons (Fsp3) is 0.412. The van der Waals surface area contributed by atoms with Crippen LogP contribution in [-0.4, -0.2) is 25.1 Å². The van der Waals surface area contributed by atoms with Gasteiger partial charge in [0.25, 0.3) is 0 Å². The Bertz CT molecular complexity index is 672. The lowest BCUT2D eigenvalue weighted by Gasteiger charge is -2.13. The number of methoxy groups -OCH3 is 1. The largest absolute Gasteiger partial charge is 0.496 e. The molecule has 0 aliphatic carbocycles. The molecule has 0 amide bonds. The molecule has 5 nitrogen and oxygen atoms in total. The second-order valence-corrected chi connectivity index (χ2v) is 6.12. The summed E-state index contributed by atoms with van der Waals surface area (Å²) in [6.07, 6.45) is 0.977. The van der Waals surface area contributed by atoms with Crippen LogP contribution in [0.2, 0.25) is 0 Å². The summed E-state index contributed by atoms with van der Waals surface area (Å²) >= 11 is 1.70. The van der Waals surface area contributed by atoms with Gasteiger partial charge in [0.2, 0.25) is 0 Å². The first-order valence-corrected chi connectivity index (χ1v) is 8.55. The fourth-order valence-electron chi connectivity index (χ4n) is 2.16. The number of ether oxygens (including phenoxy) is 1. The van der Waals surface area contributed by atoms with Crippen molar-refractivity contribution in [1.82, 2.24) is 15.6 Å². The van der Waals surface area contributed by atoms with Gasteiger partial charge in [-0.1, -0.05) is 19.1 Å². The maximum absolute atomic E-state index is 5.43. The van der Waals surface area contributed by atoms with Gasteiger partial charge >= 0.3 is 0 Å². The van der Waals surface area contributed by atoms with Crippen molar-refractivity contribution >= 4 is 41.3 Å². The molecule has 1 aromatic carbocycles. The first kappa shape index (κ1) is 20.7. The summed E-state index contributed by atoms with van der Waals surface area (Å²) < 4.78 is 5.43. The van der Waals surface area contributed by atoms with Crippen LogP contribution in [0.25, 0.3) is 0 Å². The van der Waals surface area contributed by atoms with Crippen LogP contribution in [0.5, 0.6) is 5.75 Å². The molecule has 1 heterocycles. The molecule has 2 aromatic rings. The van der Waals surface area contributed by atoms with E-state index in [1.165, 1.54) is 5.56 Å². The summed E-state index contributed by atoms with van der Waals surface area (Å²) in [5, 5.41) is 9.84. The monoisotopic (exact) mass is 460 g/mol. The predicted octanol–water partition coefficient (Wildman–Crippen LogP) is 3.51. The normalized spacial score (nSPS) is 10.9. The topological polar surface area (TPSA) is 58.5 Å². The highest BCUT2D eigenvalue weighted by Crippen LogP contribution is 2.19. The average Bonchev–Trinajstić information content (AvgIpc) is 3.04. The first-order valence-electron chi connectivity index (χ1n) is 7.67. The quantitative estimate of drug-likeness (QED) is 0.394. The van der Waals surface area contributed by atoms with Crippen LogP contribution in [0.15, 0.2) is 28.6 Å². The lowest BCUT2D eigenvalue weighted by molar-refractivity contribution is 0.408. The summed E-state index contributed by atoms with van der Waals surface area (Å²) in [5.41, 5.74) is 3.33. The average molecular weight is 460 g/mol. The zero-order valence-electron chi connectivity index (χ0n) is 14.5. The number of hydrogen-bond acceptors (Lipinski definition) is 4. The van der Waals surface area contributed by atoms with E-state index in [9.17, 15) is 0 Å². The number of nitrogens with zero attached hydrogens (tertiary/aromatic N) is 2. The lowest BCUT2D eigenvalue weighted by Crippen LogP contribution is -2.36. The highest BCUT2D eigenvalue weighted by atomic mass is 127. The summed E-state index contributed by atoms with van der Waals surface area (Å²) in [6.45, 7) is 5.49. The molecule has 132 valence electrons. The second-order valence-electron chi connectivity index (χ2n) is 5.18. The standard InChI is InChI=1S/C17H24N4OS.HI/c1-5-16-21-14(11-23-16)10-20-17(18-3)19-9-13-7-6-12(2)8-15(13)22-4;/h6-8,11H,5,9-10H2,1-4H3,(H2,18,19,20);1H. The molecular formula is C17H25IN4OS. The maximum Gasteiger partial charge on any atom is 0.191 e. The van der Waals surface area contributed by atoms with E-state index in [4.69, 9.17) is 4.74 Å². The molecule has 0 fully saturated rings. The number of aliphatic imine (C=N–C) groups is 1. The van der Waals surface area contributed by atoms with E-state index in [1.54, 1.807) is 25.5 Å². The summed E-state index contributed by atoms with van der Waals surface area (Å²) in [4.78, 5) is 8.79. The smallest absolute Gasteiger partial charge is 0.191 e. The summed E-state index contributed by atoms with van der Waals surface area (Å²) in [5.74, 6) is 1.64. The molecule has 0 unspecified atom stereocenters. The Labute approximate surface area is 165 Å². The van der Waals surface area contributed by atoms with Crippen LogP contribution >= 0.6 is 35.3 Å². The van der Waals surface area contributed by atoms with Crippen molar-refractivity contribution in [3.05, 3.63) is 45.4 Å². The summed E-state index contributed by atoms with van der Waals surface area (Å²) in [6, 6.07) is 6.19. The molecule has 0 aliphatic rings. The van der Waals surface area contributed by atoms with E-state index in [-0.39, 0.29) is 24.0 Å². The third-order valence-electron chi connectivity index (χ3n) is 3.45. The minimum absolute atomic E-state index is 0. The number of aromatic nitrogens is 1. The third kappa shape index (κ3) is 5.94. The molecule has 0 spiro atoms. The van der Waals surface area contributed by atoms with Gasteiger partial charge in [0.1, 0.15) is 5.75 Å². The predicted molar refractivity (Wildman–Crippen MR) is 112 cm³/mol. The van der Waals surface area contributed by atoms with Crippen LogP contribution in [-0.2, 0) is 19.5 Å². The molecule has 0 atom stereocenters. The van der Waals surface area contributed by atoms with E-state index < -0.39 is 0 Å². The van der Waals surface area contributed by atoms with Crippen LogP contribution in [0.4, 0.5) is 0 Å². The minimum Gasteiger partial charge on any atom is -0.496 e. The van der Waals surface area contributed by atoms with E-state index >= 15 is 0 Å². The molecule has 0 radical (unpaired) electrons. The number of aryl methyl sites for hydroxylation is 2. The van der Waals surface area contributed by atoms with E-state index in [0.29, 0.717) is 13.1 Å². The number of benzene rings is 1. The fourth-order valence-corrected chi connectivity index (χ4v) is 2.91. The third-order valence-corrected chi connectivity index (χ3v) is 4.49. The molecule has 0 bridgehead atoms. The van der Waals surface area contributed by atoms with Gasteiger partial charge in [-0.2, -0.15) is 0 Å². The molecule has 0 saturated carbocycles. The van der Waals surface area contributed by atoms with Crippen LogP contribution < -0.4 is 15.4 Å². The van der Waals surface area contributed by atoms with Crippen molar-refractivity contribution in [3.8, 4) is 5.75 Å². The Morgan fingerprint density at radius 1 is 1.29 bits per heavy atom. The van der Waals surface area contributed by atoms with E-state index in [1.807, 2.05) is 6.07 Å². The van der Waals surface area contributed by atoms with Crippen molar-refractivity contribution in [2.24, 2.45) is 4.99 Å². The second kappa shape index (κ2) is 10.5. The van der Waals surface area contributed by atoms with Gasteiger partial charge in [-0.15, -0.1) is 35.3 Å². The number of thiazole rings is 1. The van der Waals surface area contributed by atoms with Gasteiger partial charge < -0.3 is 15.4 Å². The van der Waals surface area contributed by atoms with Crippen molar-refractivity contribution in [1.29, 1.82) is 0 Å². The number of rotatable bonds is 6. The van der Waals surface area contributed by atoms with Crippen molar-refractivity contribution < 1.29 is 4.74 Å². The molecule has 0 saturated heterocycles. The Hall–Kier alpha value is -1.35. The van der Waals surface area contributed by atoms with Gasteiger partial charge in [-0.25, -0.2) is 4.98 Å². The highest BCUT2D eigenvalue weighted by Gasteiger charge is 2.06. The van der Waals surface area contributed by atoms with Crippen molar-refractivity contribution in [3.63, 3.8) is 0 Å². The molecule has 24 heavy (non-hydrogen) atoms. The SMILES string of the molecule is CCc1nc(CNC(=NC)NCc2ccc(C)cc2OC)cs1.I. The van der Waals surface area contributed by atoms with Crippen molar-refractivity contribution in [2.45, 2.75) is 33.4 Å². The Balaban J connectivity index is 0.00000288. The molecule has 2 rings (SSSR count). The molecule has 1 aromatic heterocycles. The van der Waals surface area contributed by atoms with Gasteiger partial charge in [0.05, 0.1) is 24.4 Å². The van der Waals surface area contributed by atoms with Crippen molar-refractivity contribution in [2.75, 3.05) is 14.2 Å². The minimum atomic E-state index is 0. The maximum atomic E-state index is 5.43. The number of hydrogen-bond donors (Lipinski definition) is 2. The number of halogens is 1. The zero-order valence-corrected chi connectivity index (χ0v) is 17.7. The summed E-state index contributed by atoms with van der Waals surface area (Å²) in [7, 11) is 3.46. The van der Waals surface area contributed by atoms with Crippen LogP contribution in [0.3, 0.4) is 0 Å². The molecule has 2 N–H and O–H groups in total. The van der Waals surface area contributed by atoms with Crippen LogP contribution in [0, 0.1) is 6.92 Å². The van der Waals surface area contributed by atoms with Gasteiger partial charge in [0, 0.05) is 24.5 Å². The Morgan fingerprint density at radius 2 is 2.04 bits per heavy atom. The number of guanidine groups is 1. The Morgan fingerprint density at radius 3 is 2.67 bits per heavy atom. The molecule has 0 aliphatic heterocycles. The molecular weight excluding hydrogens is 435 g/mol. The van der Waals surface area contributed by atoms with E-state index in [0.717, 1.165) is 34.4 Å². The van der Waals surface area contributed by atoms with Gasteiger partial charge in [-0.3, -0.25) is 4.99 Å². The lowest BCUT2D eigenvalue weighted by atomic mass is 10.1. The zero-order chi connectivity index (χ0) is 16.7. The van der Waals surface area contributed by atoms with Crippen LogP contribution in [0.1, 0.15) is 28.8 Å². The Kier molecular flexibility index (Phi) is 9.05. The van der Waals surface area contributed by atoms with Gasteiger partial charge in [-0.05, 0) is 25.0 Å². The molecule has 7 heteroatoms. The van der Waals surface area contributed by atoms with E-state index in [2.05, 4.69) is 52.0 Å². The highest BCUT2D eigenvalue weighted by molar-refractivity contribution is 14.0.